The lowest BCUT2D eigenvalue weighted by Gasteiger charge is -2.40. The summed E-state index contributed by atoms with van der Waals surface area (Å²) in [6, 6.07) is 18.8. The first kappa shape index (κ1) is 25.6. The van der Waals surface area contributed by atoms with Crippen LogP contribution in [0.1, 0.15) is 58.8 Å². The molecule has 2 amide bonds. The van der Waals surface area contributed by atoms with Gasteiger partial charge in [-0.05, 0) is 65.3 Å². The van der Waals surface area contributed by atoms with Crippen LogP contribution in [-0.4, -0.2) is 44.2 Å². The third kappa shape index (κ3) is 4.80. The molecule has 0 aliphatic carbocycles. The Labute approximate surface area is 217 Å². The van der Waals surface area contributed by atoms with Crippen LogP contribution in [0.2, 0.25) is 0 Å². The summed E-state index contributed by atoms with van der Waals surface area (Å²) in [4.78, 5) is 30.2. The van der Waals surface area contributed by atoms with Crippen LogP contribution >= 0.6 is 11.8 Å². The van der Waals surface area contributed by atoms with Crippen LogP contribution in [0, 0.1) is 0 Å². The van der Waals surface area contributed by atoms with Gasteiger partial charge in [-0.15, -0.1) is 11.8 Å². The standard InChI is InChI=1S/C29H32N2O4S/c1-17(2)18-7-11-20(12-8-18)30-28(32)26-22-15-24(34-4)25(35-5)16-23(22)29(33)31(3)27(26)19-9-13-21(36-6)14-10-19/h7-17,26-27H,1-6H3,(H,30,32)/t26-,27+/m0/s1. The fourth-order valence-corrected chi connectivity index (χ4v) is 5.13. The largest absolute Gasteiger partial charge is 0.493 e. The highest BCUT2D eigenvalue weighted by molar-refractivity contribution is 7.98. The van der Waals surface area contributed by atoms with Crippen molar-refractivity contribution in [2.75, 3.05) is 32.8 Å². The van der Waals surface area contributed by atoms with Crippen molar-refractivity contribution >= 4 is 29.3 Å². The normalized spacial score (nSPS) is 17.1. The molecule has 1 aliphatic heterocycles. The number of benzene rings is 3. The minimum absolute atomic E-state index is 0.171. The van der Waals surface area contributed by atoms with Crippen molar-refractivity contribution < 1.29 is 19.1 Å². The van der Waals surface area contributed by atoms with Crippen molar-refractivity contribution in [3.63, 3.8) is 0 Å². The zero-order valence-electron chi connectivity index (χ0n) is 21.5. The summed E-state index contributed by atoms with van der Waals surface area (Å²) in [6.45, 7) is 4.27. The van der Waals surface area contributed by atoms with E-state index in [-0.39, 0.29) is 11.8 Å². The maximum absolute atomic E-state index is 13.9. The number of fused-ring (bicyclic) bond motifs is 1. The zero-order valence-corrected chi connectivity index (χ0v) is 22.3. The van der Waals surface area contributed by atoms with Crippen LogP contribution in [0.5, 0.6) is 11.5 Å². The second kappa shape index (κ2) is 10.7. The molecule has 0 aromatic heterocycles. The van der Waals surface area contributed by atoms with E-state index in [1.165, 1.54) is 12.7 Å². The zero-order chi connectivity index (χ0) is 26.0. The first-order chi connectivity index (χ1) is 17.3. The van der Waals surface area contributed by atoms with E-state index in [0.717, 1.165) is 10.5 Å². The molecular formula is C29H32N2O4S. The number of nitrogens with one attached hydrogen (secondary N) is 1. The highest BCUT2D eigenvalue weighted by Gasteiger charge is 2.43. The highest BCUT2D eigenvalue weighted by Crippen LogP contribution is 2.46. The lowest BCUT2D eigenvalue weighted by atomic mass is 9.79. The maximum atomic E-state index is 13.9. The van der Waals surface area contributed by atoms with E-state index in [2.05, 4.69) is 19.2 Å². The average molecular weight is 505 g/mol. The van der Waals surface area contributed by atoms with E-state index in [4.69, 9.17) is 9.47 Å². The highest BCUT2D eigenvalue weighted by atomic mass is 32.2. The first-order valence-electron chi connectivity index (χ1n) is 11.9. The molecule has 0 saturated carbocycles. The van der Waals surface area contributed by atoms with Gasteiger partial charge in [-0.3, -0.25) is 9.59 Å². The number of amides is 2. The summed E-state index contributed by atoms with van der Waals surface area (Å²) in [5.41, 5.74) is 3.85. The summed E-state index contributed by atoms with van der Waals surface area (Å²) in [7, 11) is 4.82. The molecule has 0 unspecified atom stereocenters. The molecule has 6 nitrogen and oxygen atoms in total. The number of rotatable bonds is 7. The number of likely N-dealkylation sites (N-methyl/N-ethyl adjacent to an activating group) is 1. The molecule has 188 valence electrons. The number of nitrogens with zero attached hydrogens (tertiary/aromatic N) is 1. The second-order valence-corrected chi connectivity index (χ2v) is 10.1. The van der Waals surface area contributed by atoms with Crippen molar-refractivity contribution in [1.29, 1.82) is 0 Å². The number of carbonyl (C=O) groups is 2. The van der Waals surface area contributed by atoms with E-state index in [9.17, 15) is 9.59 Å². The van der Waals surface area contributed by atoms with Crippen molar-refractivity contribution in [3.05, 3.63) is 82.9 Å². The molecule has 1 N–H and O–H groups in total. The SMILES string of the molecule is COc1cc2c(cc1OC)[C@H](C(=O)Nc1ccc(C(C)C)cc1)[C@@H](c1ccc(SC)cc1)N(C)C2=O. The van der Waals surface area contributed by atoms with Crippen molar-refractivity contribution in [2.45, 2.75) is 36.6 Å². The topological polar surface area (TPSA) is 67.9 Å². The summed E-state index contributed by atoms with van der Waals surface area (Å²) >= 11 is 1.64. The summed E-state index contributed by atoms with van der Waals surface area (Å²) in [5, 5.41) is 3.09. The van der Waals surface area contributed by atoms with Gasteiger partial charge < -0.3 is 19.7 Å². The summed E-state index contributed by atoms with van der Waals surface area (Å²) < 4.78 is 11.0. The molecule has 1 heterocycles. The number of methoxy groups -OCH3 is 2. The van der Waals surface area contributed by atoms with E-state index >= 15 is 0 Å². The van der Waals surface area contributed by atoms with Crippen molar-refractivity contribution in [2.24, 2.45) is 0 Å². The van der Waals surface area contributed by atoms with Crippen LogP contribution < -0.4 is 14.8 Å². The lowest BCUT2D eigenvalue weighted by Crippen LogP contribution is -2.44. The van der Waals surface area contributed by atoms with Gasteiger partial charge in [0.2, 0.25) is 5.91 Å². The Bertz CT molecular complexity index is 1260. The van der Waals surface area contributed by atoms with Gasteiger partial charge in [0, 0.05) is 23.2 Å². The summed E-state index contributed by atoms with van der Waals surface area (Å²) in [5.74, 6) is 0.297. The van der Waals surface area contributed by atoms with E-state index < -0.39 is 12.0 Å². The van der Waals surface area contributed by atoms with E-state index in [1.54, 1.807) is 43.0 Å². The van der Waals surface area contributed by atoms with Crippen LogP contribution in [-0.2, 0) is 4.79 Å². The van der Waals surface area contributed by atoms with Crippen molar-refractivity contribution in [3.8, 4) is 11.5 Å². The lowest BCUT2D eigenvalue weighted by molar-refractivity contribution is -0.119. The van der Waals surface area contributed by atoms with E-state index in [1.807, 2.05) is 54.8 Å². The Kier molecular flexibility index (Phi) is 7.59. The fourth-order valence-electron chi connectivity index (χ4n) is 4.72. The van der Waals surface area contributed by atoms with E-state index in [0.29, 0.717) is 34.2 Å². The molecular weight excluding hydrogens is 472 g/mol. The van der Waals surface area contributed by atoms with Gasteiger partial charge in [0.25, 0.3) is 5.91 Å². The molecule has 0 fully saturated rings. The molecule has 0 saturated heterocycles. The van der Waals surface area contributed by atoms with Crippen molar-refractivity contribution in [1.82, 2.24) is 4.90 Å². The maximum Gasteiger partial charge on any atom is 0.254 e. The number of carbonyl (C=O) groups excluding carboxylic acids is 2. The van der Waals surface area contributed by atoms with Gasteiger partial charge in [0.15, 0.2) is 11.5 Å². The Hall–Kier alpha value is -3.45. The Morgan fingerprint density at radius 3 is 2.14 bits per heavy atom. The average Bonchev–Trinajstić information content (AvgIpc) is 2.90. The Balaban J connectivity index is 1.82. The molecule has 1 aliphatic rings. The monoisotopic (exact) mass is 504 g/mol. The van der Waals surface area contributed by atoms with Crippen LogP contribution in [0.25, 0.3) is 0 Å². The molecule has 3 aromatic carbocycles. The van der Waals surface area contributed by atoms with Crippen LogP contribution in [0.3, 0.4) is 0 Å². The molecule has 0 bridgehead atoms. The number of ether oxygens (including phenoxy) is 2. The van der Waals surface area contributed by atoms with Crippen LogP contribution in [0.15, 0.2) is 65.6 Å². The molecule has 0 radical (unpaired) electrons. The summed E-state index contributed by atoms with van der Waals surface area (Å²) in [6.07, 6.45) is 2.02. The second-order valence-electron chi connectivity index (χ2n) is 9.17. The number of thioether (sulfide) groups is 1. The van der Waals surface area contributed by atoms with Gasteiger partial charge in [0.1, 0.15) is 0 Å². The number of anilines is 1. The predicted octanol–water partition coefficient (Wildman–Crippen LogP) is 6.10. The molecule has 7 heteroatoms. The molecule has 36 heavy (non-hydrogen) atoms. The van der Waals surface area contributed by atoms with Gasteiger partial charge in [-0.25, -0.2) is 0 Å². The van der Waals surface area contributed by atoms with Gasteiger partial charge >= 0.3 is 0 Å². The fraction of sp³-hybridized carbons (Fsp3) is 0.310. The third-order valence-corrected chi connectivity index (χ3v) is 7.50. The molecule has 0 spiro atoms. The first-order valence-corrected chi connectivity index (χ1v) is 13.1. The Morgan fingerprint density at radius 2 is 1.58 bits per heavy atom. The van der Waals surface area contributed by atoms with Gasteiger partial charge in [-0.2, -0.15) is 0 Å². The molecule has 4 rings (SSSR count). The smallest absolute Gasteiger partial charge is 0.254 e. The minimum Gasteiger partial charge on any atom is -0.493 e. The van der Waals surface area contributed by atoms with Gasteiger partial charge in [-0.1, -0.05) is 38.1 Å². The third-order valence-electron chi connectivity index (χ3n) is 6.76. The quantitative estimate of drug-likeness (QED) is 0.394. The molecule has 2 atom stereocenters. The predicted molar refractivity (Wildman–Crippen MR) is 145 cm³/mol. The number of hydrogen-bond acceptors (Lipinski definition) is 5. The van der Waals surface area contributed by atoms with Gasteiger partial charge in [0.05, 0.1) is 26.2 Å². The molecule has 3 aromatic rings. The number of hydrogen-bond donors (Lipinski definition) is 1. The van der Waals surface area contributed by atoms with Crippen LogP contribution in [0.4, 0.5) is 5.69 Å². The Morgan fingerprint density at radius 1 is 0.972 bits per heavy atom. The minimum atomic E-state index is -0.660.